The summed E-state index contributed by atoms with van der Waals surface area (Å²) in [5.41, 5.74) is 6.34. The van der Waals surface area contributed by atoms with Gasteiger partial charge in [-0.1, -0.05) is 19.9 Å². The largest absolute Gasteiger partial charge is 0.329 e. The Morgan fingerprint density at radius 1 is 1.26 bits per heavy atom. The van der Waals surface area contributed by atoms with Gasteiger partial charge in [0.1, 0.15) is 11.6 Å². The van der Waals surface area contributed by atoms with Crippen molar-refractivity contribution in [2.45, 2.75) is 26.3 Å². The lowest BCUT2D eigenvalue weighted by molar-refractivity contribution is 0.0966. The van der Waals surface area contributed by atoms with E-state index in [1.54, 1.807) is 0 Å². The van der Waals surface area contributed by atoms with Crippen molar-refractivity contribution < 1.29 is 8.78 Å². The zero-order chi connectivity index (χ0) is 14.0. The van der Waals surface area contributed by atoms with Gasteiger partial charge in [0.25, 0.3) is 0 Å². The lowest BCUT2D eigenvalue weighted by atomic mass is 9.89. The molecule has 0 spiro atoms. The Hall–Kier alpha value is -1.00. The first-order valence-corrected chi connectivity index (χ1v) is 6.90. The van der Waals surface area contributed by atoms with E-state index in [0.717, 1.165) is 19.2 Å². The smallest absolute Gasteiger partial charge is 0.130 e. The van der Waals surface area contributed by atoms with Crippen molar-refractivity contribution in [3.63, 3.8) is 0 Å². The van der Waals surface area contributed by atoms with E-state index in [9.17, 15) is 8.78 Å². The van der Waals surface area contributed by atoms with Crippen molar-refractivity contribution in [3.05, 3.63) is 35.4 Å². The summed E-state index contributed by atoms with van der Waals surface area (Å²) < 4.78 is 26.9. The zero-order valence-electron chi connectivity index (χ0n) is 11.6. The number of rotatable bonds is 3. The molecule has 1 heterocycles. The van der Waals surface area contributed by atoms with E-state index in [0.29, 0.717) is 23.9 Å². The molecule has 1 aromatic carbocycles. The van der Waals surface area contributed by atoms with Gasteiger partial charge in [0.15, 0.2) is 0 Å². The van der Waals surface area contributed by atoms with Gasteiger partial charge in [0.2, 0.25) is 0 Å². The molecule has 2 N–H and O–H groups in total. The van der Waals surface area contributed by atoms with Crippen molar-refractivity contribution in [1.82, 2.24) is 4.90 Å². The van der Waals surface area contributed by atoms with Crippen LogP contribution < -0.4 is 5.73 Å². The van der Waals surface area contributed by atoms with Crippen LogP contribution in [0.1, 0.15) is 31.9 Å². The molecule has 0 aromatic heterocycles. The molecule has 1 aliphatic heterocycles. The van der Waals surface area contributed by atoms with Crippen LogP contribution >= 0.6 is 0 Å². The number of hydrogen-bond donors (Lipinski definition) is 1. The van der Waals surface area contributed by atoms with Crippen molar-refractivity contribution in [3.8, 4) is 0 Å². The fourth-order valence-electron chi connectivity index (χ4n) is 3.21. The molecule has 3 atom stereocenters. The quantitative estimate of drug-likeness (QED) is 0.913. The predicted octanol–water partition coefficient (Wildman–Crippen LogP) is 2.94. The minimum absolute atomic E-state index is 0.161. The first kappa shape index (κ1) is 14.4. The normalized spacial score (nSPS) is 26.4. The van der Waals surface area contributed by atoms with Gasteiger partial charge in [-0.05, 0) is 24.3 Å². The second kappa shape index (κ2) is 5.97. The minimum atomic E-state index is -0.544. The average molecular weight is 268 g/mol. The Bertz CT molecular complexity index is 426. The third-order valence-electron chi connectivity index (χ3n) is 3.88. The molecule has 19 heavy (non-hydrogen) atoms. The average Bonchev–Trinajstić information content (AvgIpc) is 2.31. The Balaban J connectivity index is 2.23. The van der Waals surface area contributed by atoms with Crippen LogP contribution in [0.25, 0.3) is 0 Å². The fourth-order valence-corrected chi connectivity index (χ4v) is 3.21. The SMILES string of the molecule is CC1CC(C)CN(C(CN)c2ccc(F)cc2F)C1. The van der Waals surface area contributed by atoms with E-state index in [2.05, 4.69) is 18.7 Å². The fraction of sp³-hybridized carbons (Fsp3) is 0.600. The van der Waals surface area contributed by atoms with Crippen LogP contribution in [0, 0.1) is 23.5 Å². The summed E-state index contributed by atoms with van der Waals surface area (Å²) in [4.78, 5) is 2.23. The third kappa shape index (κ3) is 3.31. The van der Waals surface area contributed by atoms with Crippen molar-refractivity contribution >= 4 is 0 Å². The topological polar surface area (TPSA) is 29.3 Å². The molecule has 0 bridgehead atoms. The standard InChI is InChI=1S/C15H22F2N2/c1-10-5-11(2)9-19(8-10)15(7-18)13-4-3-12(16)6-14(13)17/h3-4,6,10-11,15H,5,7-9,18H2,1-2H3. The lowest BCUT2D eigenvalue weighted by Gasteiger charge is -2.40. The molecule has 2 nitrogen and oxygen atoms in total. The Morgan fingerprint density at radius 2 is 1.89 bits per heavy atom. The number of halogens is 2. The van der Waals surface area contributed by atoms with Crippen molar-refractivity contribution in [1.29, 1.82) is 0 Å². The summed E-state index contributed by atoms with van der Waals surface area (Å²) in [5, 5.41) is 0. The molecule has 0 amide bonds. The van der Waals surface area contributed by atoms with E-state index in [4.69, 9.17) is 5.73 Å². The summed E-state index contributed by atoms with van der Waals surface area (Å²) in [6.45, 7) is 6.60. The predicted molar refractivity (Wildman–Crippen MR) is 72.7 cm³/mol. The lowest BCUT2D eigenvalue weighted by Crippen LogP contribution is -2.43. The minimum Gasteiger partial charge on any atom is -0.329 e. The summed E-state index contributed by atoms with van der Waals surface area (Å²) >= 11 is 0. The summed E-state index contributed by atoms with van der Waals surface area (Å²) in [5.74, 6) is 0.126. The molecular formula is C15H22F2N2. The van der Waals surface area contributed by atoms with Crippen molar-refractivity contribution in [2.24, 2.45) is 17.6 Å². The van der Waals surface area contributed by atoms with E-state index in [-0.39, 0.29) is 6.04 Å². The summed E-state index contributed by atoms with van der Waals surface area (Å²) in [7, 11) is 0. The number of hydrogen-bond acceptors (Lipinski definition) is 2. The molecule has 2 rings (SSSR count). The first-order valence-electron chi connectivity index (χ1n) is 6.90. The maximum atomic E-state index is 13.9. The molecule has 1 aliphatic rings. The highest BCUT2D eigenvalue weighted by Gasteiger charge is 2.29. The molecule has 1 saturated heterocycles. The number of nitrogens with zero attached hydrogens (tertiary/aromatic N) is 1. The molecule has 0 aliphatic carbocycles. The van der Waals surface area contributed by atoms with Crippen LogP contribution in [-0.2, 0) is 0 Å². The molecule has 1 fully saturated rings. The van der Waals surface area contributed by atoms with Gasteiger partial charge >= 0.3 is 0 Å². The second-order valence-electron chi connectivity index (χ2n) is 5.82. The molecule has 0 radical (unpaired) electrons. The molecule has 106 valence electrons. The molecule has 4 heteroatoms. The van der Waals surface area contributed by atoms with Crippen LogP contribution in [0.2, 0.25) is 0 Å². The van der Waals surface area contributed by atoms with Crippen LogP contribution in [0.5, 0.6) is 0 Å². The van der Waals surface area contributed by atoms with Gasteiger partial charge in [0, 0.05) is 37.3 Å². The highest BCUT2D eigenvalue weighted by molar-refractivity contribution is 5.23. The van der Waals surface area contributed by atoms with E-state index in [1.165, 1.54) is 18.6 Å². The second-order valence-corrected chi connectivity index (χ2v) is 5.82. The number of benzene rings is 1. The van der Waals surface area contributed by atoms with E-state index in [1.807, 2.05) is 0 Å². The zero-order valence-corrected chi connectivity index (χ0v) is 11.6. The number of likely N-dealkylation sites (tertiary alicyclic amines) is 1. The number of piperidine rings is 1. The Labute approximate surface area is 113 Å². The summed E-state index contributed by atoms with van der Waals surface area (Å²) in [6.07, 6.45) is 1.19. The first-order chi connectivity index (χ1) is 9.01. The summed E-state index contributed by atoms with van der Waals surface area (Å²) in [6, 6.07) is 3.60. The van der Waals surface area contributed by atoms with Gasteiger partial charge in [-0.15, -0.1) is 0 Å². The maximum Gasteiger partial charge on any atom is 0.130 e. The van der Waals surface area contributed by atoms with Crippen LogP contribution in [0.15, 0.2) is 18.2 Å². The van der Waals surface area contributed by atoms with Gasteiger partial charge in [0.05, 0.1) is 0 Å². The molecular weight excluding hydrogens is 246 g/mol. The van der Waals surface area contributed by atoms with Crippen LogP contribution in [-0.4, -0.2) is 24.5 Å². The Morgan fingerprint density at radius 3 is 2.42 bits per heavy atom. The van der Waals surface area contributed by atoms with Gasteiger partial charge in [-0.3, -0.25) is 4.90 Å². The molecule has 3 unspecified atom stereocenters. The molecule has 0 saturated carbocycles. The highest BCUT2D eigenvalue weighted by atomic mass is 19.1. The monoisotopic (exact) mass is 268 g/mol. The highest BCUT2D eigenvalue weighted by Crippen LogP contribution is 2.30. The van der Waals surface area contributed by atoms with Gasteiger partial charge in [-0.25, -0.2) is 8.78 Å². The van der Waals surface area contributed by atoms with Crippen LogP contribution in [0.4, 0.5) is 8.78 Å². The van der Waals surface area contributed by atoms with E-state index >= 15 is 0 Å². The van der Waals surface area contributed by atoms with Gasteiger partial charge < -0.3 is 5.73 Å². The molecule has 1 aromatic rings. The van der Waals surface area contributed by atoms with Crippen molar-refractivity contribution in [2.75, 3.05) is 19.6 Å². The van der Waals surface area contributed by atoms with E-state index < -0.39 is 11.6 Å². The third-order valence-corrected chi connectivity index (χ3v) is 3.88. The van der Waals surface area contributed by atoms with Gasteiger partial charge in [-0.2, -0.15) is 0 Å². The Kier molecular flexibility index (Phi) is 4.53. The number of nitrogens with two attached hydrogens (primary N) is 1. The van der Waals surface area contributed by atoms with Crippen LogP contribution in [0.3, 0.4) is 0 Å². The maximum absolute atomic E-state index is 13.9.